The van der Waals surface area contributed by atoms with Crippen LogP contribution in [0.25, 0.3) is 0 Å². The van der Waals surface area contributed by atoms with Crippen LogP contribution >= 0.6 is 0 Å². The smallest absolute Gasteiger partial charge is 0.334 e. The molecule has 5 nitrogen and oxygen atoms in total. The van der Waals surface area contributed by atoms with Crippen LogP contribution in [0.5, 0.6) is 11.5 Å². The number of fused-ring (bicyclic) bond motifs is 1. The Morgan fingerprint density at radius 1 is 1.21 bits per heavy atom. The summed E-state index contributed by atoms with van der Waals surface area (Å²) in [6, 6.07) is 5.66. The molecule has 0 bridgehead atoms. The molecule has 0 aromatic heterocycles. The van der Waals surface area contributed by atoms with Gasteiger partial charge in [0, 0.05) is 23.5 Å². The van der Waals surface area contributed by atoms with Crippen LogP contribution < -0.4 is 9.47 Å². The lowest BCUT2D eigenvalue weighted by Crippen LogP contribution is -2.33. The Morgan fingerprint density at radius 3 is 2.71 bits per heavy atom. The normalized spacial score (nSPS) is 23.0. The molecule has 0 spiro atoms. The number of carbonyl (C=O) groups is 2. The lowest BCUT2D eigenvalue weighted by Gasteiger charge is -2.39. The summed E-state index contributed by atoms with van der Waals surface area (Å²) in [5.41, 5.74) is 4.29. The number of hydrogen-bond acceptors (Lipinski definition) is 5. The molecular formula is C23H26O5. The predicted octanol–water partition coefficient (Wildman–Crippen LogP) is 4.47. The van der Waals surface area contributed by atoms with Crippen molar-refractivity contribution >= 4 is 11.8 Å². The van der Waals surface area contributed by atoms with Gasteiger partial charge in [-0.2, -0.15) is 0 Å². The largest absolute Gasteiger partial charge is 0.463 e. The lowest BCUT2D eigenvalue weighted by molar-refractivity contribution is -0.138. The van der Waals surface area contributed by atoms with Gasteiger partial charge < -0.3 is 14.2 Å². The van der Waals surface area contributed by atoms with E-state index in [1.807, 2.05) is 25.1 Å². The fourth-order valence-electron chi connectivity index (χ4n) is 4.72. The fourth-order valence-corrected chi connectivity index (χ4v) is 4.72. The number of carbonyl (C=O) groups excluding carboxylic acids is 2. The van der Waals surface area contributed by atoms with E-state index in [-0.39, 0.29) is 24.0 Å². The minimum atomic E-state index is -0.416. The molecule has 0 amide bonds. The zero-order valence-electron chi connectivity index (χ0n) is 16.9. The van der Waals surface area contributed by atoms with Crippen molar-refractivity contribution in [2.75, 3.05) is 13.4 Å². The number of ketones is 1. The zero-order valence-corrected chi connectivity index (χ0v) is 16.9. The van der Waals surface area contributed by atoms with Gasteiger partial charge in [-0.15, -0.1) is 0 Å². The van der Waals surface area contributed by atoms with E-state index in [2.05, 4.69) is 13.8 Å². The third-order valence-corrected chi connectivity index (χ3v) is 5.75. The van der Waals surface area contributed by atoms with Crippen molar-refractivity contribution in [2.45, 2.75) is 52.9 Å². The molecule has 28 heavy (non-hydrogen) atoms. The van der Waals surface area contributed by atoms with E-state index < -0.39 is 5.92 Å². The molecule has 148 valence electrons. The topological polar surface area (TPSA) is 61.8 Å². The Morgan fingerprint density at radius 2 is 1.96 bits per heavy atom. The molecule has 4 rings (SSSR count). The van der Waals surface area contributed by atoms with Gasteiger partial charge in [0.15, 0.2) is 17.3 Å². The summed E-state index contributed by atoms with van der Waals surface area (Å²) < 4.78 is 16.3. The first-order valence-corrected chi connectivity index (χ1v) is 9.82. The van der Waals surface area contributed by atoms with Gasteiger partial charge in [-0.1, -0.05) is 31.1 Å². The molecule has 0 saturated carbocycles. The SMILES string of the molecule is CCOC(=O)C1=C(C)CC2=C(C(=O)CC(C)(C)C2)C1c1ccc2c(c1)OCO2. The highest BCUT2D eigenvalue weighted by Gasteiger charge is 2.43. The first-order chi connectivity index (χ1) is 13.3. The van der Waals surface area contributed by atoms with Gasteiger partial charge in [0.25, 0.3) is 0 Å². The van der Waals surface area contributed by atoms with Gasteiger partial charge in [0.05, 0.1) is 6.61 Å². The first kappa shape index (κ1) is 18.8. The maximum Gasteiger partial charge on any atom is 0.334 e. The van der Waals surface area contributed by atoms with E-state index in [1.165, 1.54) is 0 Å². The highest BCUT2D eigenvalue weighted by Crippen LogP contribution is 2.51. The van der Waals surface area contributed by atoms with Gasteiger partial charge in [-0.3, -0.25) is 4.79 Å². The fraction of sp³-hybridized carbons (Fsp3) is 0.478. The molecule has 1 aromatic carbocycles. The molecule has 1 aliphatic heterocycles. The summed E-state index contributed by atoms with van der Waals surface area (Å²) in [4.78, 5) is 26.1. The summed E-state index contributed by atoms with van der Waals surface area (Å²) in [7, 11) is 0. The molecule has 1 aromatic rings. The quantitative estimate of drug-likeness (QED) is 0.722. The van der Waals surface area contributed by atoms with Gasteiger partial charge in [-0.05, 0) is 49.8 Å². The van der Waals surface area contributed by atoms with E-state index in [0.717, 1.165) is 28.7 Å². The van der Waals surface area contributed by atoms with Crippen LogP contribution in [0.1, 0.15) is 58.4 Å². The Bertz CT molecular complexity index is 919. The van der Waals surface area contributed by atoms with Crippen molar-refractivity contribution in [3.05, 3.63) is 46.1 Å². The summed E-state index contributed by atoms with van der Waals surface area (Å²) in [5.74, 6) is 0.703. The zero-order chi connectivity index (χ0) is 20.1. The maximum atomic E-state index is 13.2. The summed E-state index contributed by atoms with van der Waals surface area (Å²) in [5, 5.41) is 0. The van der Waals surface area contributed by atoms with Crippen LogP contribution in [-0.2, 0) is 14.3 Å². The van der Waals surface area contributed by atoms with Crippen LogP contribution in [0.15, 0.2) is 40.5 Å². The average Bonchev–Trinajstić information content (AvgIpc) is 3.07. The molecule has 2 aliphatic carbocycles. The van der Waals surface area contributed by atoms with Crippen LogP contribution in [0.4, 0.5) is 0 Å². The Balaban J connectivity index is 1.87. The minimum Gasteiger partial charge on any atom is -0.463 e. The second kappa shape index (κ2) is 6.80. The Hall–Kier alpha value is -2.56. The van der Waals surface area contributed by atoms with Crippen LogP contribution in [-0.4, -0.2) is 25.2 Å². The summed E-state index contributed by atoms with van der Waals surface area (Å²) in [6.45, 7) is 8.52. The number of ether oxygens (including phenoxy) is 3. The molecule has 0 saturated heterocycles. The second-order valence-electron chi connectivity index (χ2n) is 8.60. The number of Topliss-reactive ketones (excluding diaryl/α,β-unsaturated/α-hetero) is 1. The summed E-state index contributed by atoms with van der Waals surface area (Å²) in [6.07, 6.45) is 2.00. The highest BCUT2D eigenvalue weighted by atomic mass is 16.7. The molecule has 0 radical (unpaired) electrons. The maximum absolute atomic E-state index is 13.2. The lowest BCUT2D eigenvalue weighted by atomic mass is 9.64. The molecule has 3 aliphatic rings. The van der Waals surface area contributed by atoms with Crippen molar-refractivity contribution in [1.29, 1.82) is 0 Å². The van der Waals surface area contributed by atoms with Crippen molar-refractivity contribution in [1.82, 2.24) is 0 Å². The van der Waals surface area contributed by atoms with Gasteiger partial charge >= 0.3 is 5.97 Å². The Kier molecular flexibility index (Phi) is 4.56. The van der Waals surface area contributed by atoms with E-state index in [4.69, 9.17) is 14.2 Å². The van der Waals surface area contributed by atoms with Gasteiger partial charge in [0.1, 0.15) is 0 Å². The third-order valence-electron chi connectivity index (χ3n) is 5.75. The molecular weight excluding hydrogens is 356 g/mol. The van der Waals surface area contributed by atoms with E-state index in [1.54, 1.807) is 6.92 Å². The number of rotatable bonds is 3. The molecule has 1 heterocycles. The number of esters is 1. The molecule has 0 N–H and O–H groups in total. The molecule has 1 unspecified atom stereocenters. The highest BCUT2D eigenvalue weighted by molar-refractivity contribution is 6.04. The van der Waals surface area contributed by atoms with Crippen LogP contribution in [0, 0.1) is 5.41 Å². The molecule has 0 fully saturated rings. The Labute approximate surface area is 165 Å². The number of allylic oxidation sites excluding steroid dienone is 3. The third kappa shape index (κ3) is 3.13. The molecule has 1 atom stereocenters. The van der Waals surface area contributed by atoms with E-state index >= 15 is 0 Å². The summed E-state index contributed by atoms with van der Waals surface area (Å²) >= 11 is 0. The average molecular weight is 382 g/mol. The number of hydrogen-bond donors (Lipinski definition) is 0. The standard InChI is InChI=1S/C23H26O5/c1-5-26-22(25)19-13(2)8-15-10-23(3,4)11-16(24)20(15)21(19)14-6-7-17-18(9-14)28-12-27-17/h6-7,9,21H,5,8,10-12H2,1-4H3. The molecule has 5 heteroatoms. The van der Waals surface area contributed by atoms with Crippen molar-refractivity contribution in [3.63, 3.8) is 0 Å². The van der Waals surface area contributed by atoms with E-state index in [0.29, 0.717) is 36.5 Å². The minimum absolute atomic E-state index is 0.0585. The monoisotopic (exact) mass is 382 g/mol. The predicted molar refractivity (Wildman–Crippen MR) is 104 cm³/mol. The van der Waals surface area contributed by atoms with Crippen molar-refractivity contribution < 1.29 is 23.8 Å². The van der Waals surface area contributed by atoms with Gasteiger partial charge in [0.2, 0.25) is 6.79 Å². The number of benzene rings is 1. The van der Waals surface area contributed by atoms with Crippen LogP contribution in [0.2, 0.25) is 0 Å². The van der Waals surface area contributed by atoms with Gasteiger partial charge in [-0.25, -0.2) is 4.79 Å². The van der Waals surface area contributed by atoms with E-state index in [9.17, 15) is 9.59 Å². The van der Waals surface area contributed by atoms with Crippen molar-refractivity contribution in [2.24, 2.45) is 5.41 Å². The first-order valence-electron chi connectivity index (χ1n) is 9.82. The second-order valence-corrected chi connectivity index (χ2v) is 8.60. The van der Waals surface area contributed by atoms with Crippen molar-refractivity contribution in [3.8, 4) is 11.5 Å². The van der Waals surface area contributed by atoms with Crippen LogP contribution in [0.3, 0.4) is 0 Å².